The number of hydrogen-bond donors (Lipinski definition) is 1. The molecule has 0 aliphatic heterocycles. The summed E-state index contributed by atoms with van der Waals surface area (Å²) in [4.78, 5) is 53.1. The molecule has 1 aliphatic rings. The van der Waals surface area contributed by atoms with Crippen molar-refractivity contribution in [3.8, 4) is 0 Å². The van der Waals surface area contributed by atoms with Gasteiger partial charge >= 0.3 is 5.69 Å². The third-order valence-electron chi connectivity index (χ3n) is 7.33. The maximum atomic E-state index is 13.6. The van der Waals surface area contributed by atoms with Crippen LogP contribution in [0.5, 0.6) is 0 Å². The Kier molecular flexibility index (Phi) is 7.01. The molecule has 0 bridgehead atoms. The van der Waals surface area contributed by atoms with Gasteiger partial charge in [0.1, 0.15) is 6.54 Å². The fraction of sp³-hybridized carbons (Fsp3) is 0.414. The summed E-state index contributed by atoms with van der Waals surface area (Å²) in [5.41, 5.74) is 1.38. The van der Waals surface area contributed by atoms with Crippen LogP contribution < -0.4 is 16.6 Å². The summed E-state index contributed by atoms with van der Waals surface area (Å²) >= 11 is 0. The van der Waals surface area contributed by atoms with E-state index in [1.165, 1.54) is 8.97 Å². The summed E-state index contributed by atoms with van der Waals surface area (Å²) in [5, 5.41) is 7.83. The number of amides is 1. The molecule has 198 valence electrons. The molecule has 0 spiro atoms. The number of benzene rings is 2. The van der Waals surface area contributed by atoms with Crippen molar-refractivity contribution in [1.29, 1.82) is 0 Å². The lowest BCUT2D eigenvalue weighted by Crippen LogP contribution is -2.33. The largest absolute Gasteiger partial charge is 0.352 e. The van der Waals surface area contributed by atoms with Gasteiger partial charge in [-0.05, 0) is 50.3 Å². The van der Waals surface area contributed by atoms with Gasteiger partial charge in [0.2, 0.25) is 5.78 Å². The lowest BCUT2D eigenvalue weighted by atomic mass is 10.1. The highest BCUT2D eigenvalue weighted by molar-refractivity contribution is 5.98. The van der Waals surface area contributed by atoms with Gasteiger partial charge in [0.25, 0.3) is 11.5 Å². The Labute approximate surface area is 220 Å². The average molecular weight is 516 g/mol. The van der Waals surface area contributed by atoms with E-state index >= 15 is 0 Å². The molecule has 9 nitrogen and oxygen atoms in total. The second-order valence-electron chi connectivity index (χ2n) is 10.7. The normalized spacial score (nSPS) is 14.1. The second kappa shape index (κ2) is 10.4. The van der Waals surface area contributed by atoms with Crippen molar-refractivity contribution >= 4 is 28.4 Å². The molecule has 1 N–H and O–H groups in total. The van der Waals surface area contributed by atoms with Crippen LogP contribution in [0.25, 0.3) is 16.7 Å². The molecule has 0 radical (unpaired) electrons. The van der Waals surface area contributed by atoms with E-state index in [0.717, 1.165) is 35.9 Å². The van der Waals surface area contributed by atoms with Gasteiger partial charge in [-0.15, -0.1) is 5.10 Å². The predicted molar refractivity (Wildman–Crippen MR) is 146 cm³/mol. The van der Waals surface area contributed by atoms with Crippen molar-refractivity contribution < 1.29 is 9.59 Å². The Morgan fingerprint density at radius 2 is 1.71 bits per heavy atom. The molecule has 1 aliphatic carbocycles. The predicted octanol–water partition coefficient (Wildman–Crippen LogP) is 3.72. The molecular formula is C29H33N5O4. The van der Waals surface area contributed by atoms with Gasteiger partial charge in [0.05, 0.1) is 10.9 Å². The van der Waals surface area contributed by atoms with Crippen LogP contribution in [0.3, 0.4) is 0 Å². The first-order valence-electron chi connectivity index (χ1n) is 13.3. The first-order valence-corrected chi connectivity index (χ1v) is 13.3. The van der Waals surface area contributed by atoms with E-state index in [2.05, 4.69) is 24.3 Å². The molecule has 1 fully saturated rings. The zero-order chi connectivity index (χ0) is 27.0. The molecule has 0 saturated heterocycles. The van der Waals surface area contributed by atoms with Crippen molar-refractivity contribution in [2.24, 2.45) is 5.92 Å². The molecule has 1 saturated carbocycles. The average Bonchev–Trinajstić information content (AvgIpc) is 3.51. The number of aromatic nitrogens is 4. The topological polar surface area (TPSA) is 107 Å². The lowest BCUT2D eigenvalue weighted by molar-refractivity contribution is 0.0936. The third-order valence-corrected chi connectivity index (χ3v) is 7.33. The molecule has 2 aromatic heterocycles. The van der Waals surface area contributed by atoms with Crippen molar-refractivity contribution in [2.45, 2.75) is 72.0 Å². The Morgan fingerprint density at radius 3 is 2.39 bits per heavy atom. The molecule has 38 heavy (non-hydrogen) atoms. The summed E-state index contributed by atoms with van der Waals surface area (Å²) in [7, 11) is 0. The van der Waals surface area contributed by atoms with Crippen LogP contribution >= 0.6 is 0 Å². The zero-order valence-electron chi connectivity index (χ0n) is 22.1. The first kappa shape index (κ1) is 25.6. The highest BCUT2D eigenvalue weighted by atomic mass is 16.2. The van der Waals surface area contributed by atoms with Crippen LogP contribution in [-0.4, -0.2) is 36.5 Å². The standard InChI is InChI=1S/C29H33N5O4/c1-18(2)14-15-32-27(37)23-13-12-21(26(36)30-22-6-4-5-7-22)16-24(23)34-28(32)31-33(29(34)38)17-25(35)20-10-8-19(3)9-11-20/h8-13,16,18,22H,4-7,14-15,17H2,1-3H3,(H,30,36). The molecule has 5 rings (SSSR count). The van der Waals surface area contributed by atoms with Crippen LogP contribution in [0.15, 0.2) is 52.1 Å². The summed E-state index contributed by atoms with van der Waals surface area (Å²) in [5.74, 6) is 0.00730. The number of hydrogen-bond acceptors (Lipinski definition) is 5. The number of carbonyl (C=O) groups excluding carboxylic acids is 2. The number of carbonyl (C=O) groups is 2. The van der Waals surface area contributed by atoms with E-state index in [9.17, 15) is 19.2 Å². The van der Waals surface area contributed by atoms with Crippen molar-refractivity contribution in [3.63, 3.8) is 0 Å². The minimum atomic E-state index is -0.530. The van der Waals surface area contributed by atoms with Gasteiger partial charge in [0.15, 0.2) is 5.78 Å². The summed E-state index contributed by atoms with van der Waals surface area (Å²) in [6.07, 6.45) is 4.80. The van der Waals surface area contributed by atoms with Gasteiger partial charge in [-0.3, -0.25) is 19.0 Å². The van der Waals surface area contributed by atoms with E-state index < -0.39 is 5.69 Å². The Bertz CT molecular complexity index is 1640. The molecule has 0 atom stereocenters. The molecular weight excluding hydrogens is 482 g/mol. The summed E-state index contributed by atoms with van der Waals surface area (Å²) in [6, 6.07) is 12.1. The zero-order valence-corrected chi connectivity index (χ0v) is 22.1. The van der Waals surface area contributed by atoms with Gasteiger partial charge < -0.3 is 5.32 Å². The van der Waals surface area contributed by atoms with Crippen LogP contribution in [0.1, 0.15) is 72.2 Å². The van der Waals surface area contributed by atoms with Gasteiger partial charge in [-0.25, -0.2) is 13.9 Å². The van der Waals surface area contributed by atoms with Crippen molar-refractivity contribution in [3.05, 3.63) is 80.0 Å². The second-order valence-corrected chi connectivity index (χ2v) is 10.7. The van der Waals surface area contributed by atoms with E-state index in [-0.39, 0.29) is 35.6 Å². The Morgan fingerprint density at radius 1 is 1.03 bits per heavy atom. The van der Waals surface area contributed by atoms with Crippen LogP contribution in [-0.2, 0) is 13.1 Å². The van der Waals surface area contributed by atoms with Gasteiger partial charge in [0, 0.05) is 23.7 Å². The van der Waals surface area contributed by atoms with Crippen molar-refractivity contribution in [2.75, 3.05) is 0 Å². The number of rotatable bonds is 8. The molecule has 9 heteroatoms. The minimum Gasteiger partial charge on any atom is -0.349 e. The number of Topliss-reactive ketones (excluding diaryl/α,β-unsaturated/α-hetero) is 1. The van der Waals surface area contributed by atoms with E-state index in [0.29, 0.717) is 40.9 Å². The fourth-order valence-electron chi connectivity index (χ4n) is 5.05. The molecule has 0 unspecified atom stereocenters. The molecule has 1 amide bonds. The maximum Gasteiger partial charge on any atom is 0.352 e. The number of ketones is 1. The van der Waals surface area contributed by atoms with Crippen LogP contribution in [0.4, 0.5) is 0 Å². The molecule has 2 aromatic carbocycles. The van der Waals surface area contributed by atoms with Gasteiger partial charge in [-0.2, -0.15) is 0 Å². The van der Waals surface area contributed by atoms with Crippen LogP contribution in [0, 0.1) is 12.8 Å². The third kappa shape index (κ3) is 4.92. The SMILES string of the molecule is Cc1ccc(C(=O)Cn2nc3n(CCC(C)C)c(=O)c4ccc(C(=O)NC5CCCC5)cc4n3c2=O)cc1. The summed E-state index contributed by atoms with van der Waals surface area (Å²) < 4.78 is 3.95. The Hall–Kier alpha value is -4.01. The number of aryl methyl sites for hydroxylation is 2. The number of nitrogens with zero attached hydrogens (tertiary/aromatic N) is 4. The summed E-state index contributed by atoms with van der Waals surface area (Å²) in [6.45, 7) is 6.17. The monoisotopic (exact) mass is 515 g/mol. The van der Waals surface area contributed by atoms with E-state index in [4.69, 9.17) is 0 Å². The van der Waals surface area contributed by atoms with Crippen molar-refractivity contribution in [1.82, 2.24) is 24.1 Å². The highest BCUT2D eigenvalue weighted by Crippen LogP contribution is 2.20. The van der Waals surface area contributed by atoms with Gasteiger partial charge in [-0.1, -0.05) is 56.5 Å². The maximum absolute atomic E-state index is 13.6. The quantitative estimate of drug-likeness (QED) is 0.360. The minimum absolute atomic E-state index is 0.139. The highest BCUT2D eigenvalue weighted by Gasteiger charge is 2.22. The number of fused-ring (bicyclic) bond motifs is 3. The first-order chi connectivity index (χ1) is 18.2. The van der Waals surface area contributed by atoms with Crippen LogP contribution in [0.2, 0.25) is 0 Å². The fourth-order valence-corrected chi connectivity index (χ4v) is 5.05. The lowest BCUT2D eigenvalue weighted by Gasteiger charge is -2.14. The molecule has 4 aromatic rings. The Balaban J connectivity index is 1.62. The number of nitrogens with one attached hydrogen (secondary N) is 1. The van der Waals surface area contributed by atoms with E-state index in [1.807, 2.05) is 19.1 Å². The smallest absolute Gasteiger partial charge is 0.349 e. The van der Waals surface area contributed by atoms with E-state index in [1.54, 1.807) is 30.3 Å². The molecule has 2 heterocycles.